The van der Waals surface area contributed by atoms with Crippen LogP contribution in [0, 0.1) is 11.3 Å². The van der Waals surface area contributed by atoms with Gasteiger partial charge in [-0.2, -0.15) is 0 Å². The van der Waals surface area contributed by atoms with Crippen LogP contribution < -0.4 is 11.1 Å². The van der Waals surface area contributed by atoms with E-state index in [1.54, 1.807) is 6.20 Å². The van der Waals surface area contributed by atoms with Crippen LogP contribution in [0.3, 0.4) is 0 Å². The number of rotatable bonds is 3. The average molecular weight is 265 g/mol. The van der Waals surface area contributed by atoms with Gasteiger partial charge in [0.05, 0.1) is 6.20 Å². The maximum absolute atomic E-state index is 11.9. The first-order valence-corrected chi connectivity index (χ1v) is 7.51. The van der Waals surface area contributed by atoms with Gasteiger partial charge in [-0.1, -0.05) is 30.6 Å². The Kier molecular flexibility index (Phi) is 3.01. The summed E-state index contributed by atoms with van der Waals surface area (Å²) in [5.41, 5.74) is 6.11. The number of nitrogens with two attached hydrogens (primary N) is 1. The van der Waals surface area contributed by atoms with E-state index in [4.69, 9.17) is 5.73 Å². The lowest BCUT2D eigenvalue weighted by Crippen LogP contribution is -2.27. The Morgan fingerprint density at radius 3 is 2.94 bits per heavy atom. The van der Waals surface area contributed by atoms with Gasteiger partial charge in [-0.25, -0.2) is 4.98 Å². The van der Waals surface area contributed by atoms with Gasteiger partial charge in [0.15, 0.2) is 5.13 Å². The number of hydrogen-bond acceptors (Lipinski definition) is 4. The number of amides is 1. The summed E-state index contributed by atoms with van der Waals surface area (Å²) in [6.45, 7) is 0.816. The number of thiazole rings is 1. The molecule has 2 aliphatic rings. The number of nitrogens with one attached hydrogen (secondary N) is 1. The summed E-state index contributed by atoms with van der Waals surface area (Å²) in [5.74, 6) is 0.675. The highest BCUT2D eigenvalue weighted by Gasteiger charge is 2.53. The highest BCUT2D eigenvalue weighted by atomic mass is 32.1. The standard InChI is InChI=1S/C13H19N3OS/c14-12-16-8-10(18-12)11(17)15-7-9-6-13(9)4-2-1-3-5-13/h8-9H,1-7H2,(H2,14,16)(H,15,17). The van der Waals surface area contributed by atoms with Crippen molar-refractivity contribution in [3.63, 3.8) is 0 Å². The minimum absolute atomic E-state index is 0.0259. The van der Waals surface area contributed by atoms with Crippen molar-refractivity contribution in [1.82, 2.24) is 10.3 Å². The first-order chi connectivity index (χ1) is 8.70. The number of aromatic nitrogens is 1. The number of carbonyl (C=O) groups excluding carboxylic acids is 1. The molecule has 0 aliphatic heterocycles. The molecule has 3 rings (SSSR count). The van der Waals surface area contributed by atoms with Crippen molar-refractivity contribution in [2.45, 2.75) is 38.5 Å². The molecule has 1 spiro atoms. The van der Waals surface area contributed by atoms with E-state index in [1.165, 1.54) is 49.9 Å². The van der Waals surface area contributed by atoms with Crippen molar-refractivity contribution in [3.8, 4) is 0 Å². The third kappa shape index (κ3) is 2.23. The van der Waals surface area contributed by atoms with Gasteiger partial charge >= 0.3 is 0 Å². The number of hydrogen-bond donors (Lipinski definition) is 2. The lowest BCUT2D eigenvalue weighted by atomic mass is 9.84. The third-order valence-electron chi connectivity index (χ3n) is 4.46. The Hall–Kier alpha value is -1.10. The fourth-order valence-corrected chi connectivity index (χ4v) is 3.89. The number of nitrogens with zero attached hydrogens (tertiary/aromatic N) is 1. The largest absolute Gasteiger partial charge is 0.375 e. The molecule has 1 heterocycles. The zero-order chi connectivity index (χ0) is 12.6. The molecular formula is C13H19N3OS. The van der Waals surface area contributed by atoms with Crippen molar-refractivity contribution < 1.29 is 4.79 Å². The fourth-order valence-electron chi connectivity index (χ4n) is 3.28. The smallest absolute Gasteiger partial charge is 0.263 e. The minimum atomic E-state index is -0.0259. The van der Waals surface area contributed by atoms with Crippen LogP contribution in [0.1, 0.15) is 48.2 Å². The molecule has 1 atom stereocenters. The number of anilines is 1. The molecule has 98 valence electrons. The van der Waals surface area contributed by atoms with Crippen molar-refractivity contribution in [1.29, 1.82) is 0 Å². The summed E-state index contributed by atoms with van der Waals surface area (Å²) in [4.78, 5) is 16.4. The van der Waals surface area contributed by atoms with Crippen LogP contribution in [-0.2, 0) is 0 Å². The third-order valence-corrected chi connectivity index (χ3v) is 5.29. The molecule has 0 bridgehead atoms. The maximum Gasteiger partial charge on any atom is 0.263 e. The molecule has 1 unspecified atom stereocenters. The lowest BCUT2D eigenvalue weighted by molar-refractivity contribution is 0.0953. The van der Waals surface area contributed by atoms with Gasteiger partial charge in [0.2, 0.25) is 0 Å². The SMILES string of the molecule is Nc1ncc(C(=O)NCC2CC23CCCCC3)s1. The lowest BCUT2D eigenvalue weighted by Gasteiger charge is -2.22. The number of carbonyl (C=O) groups is 1. The van der Waals surface area contributed by atoms with Gasteiger partial charge in [-0.15, -0.1) is 0 Å². The van der Waals surface area contributed by atoms with Crippen LogP contribution in [0.4, 0.5) is 5.13 Å². The predicted octanol–water partition coefficient (Wildman–Crippen LogP) is 2.43. The van der Waals surface area contributed by atoms with Gasteiger partial charge in [0.1, 0.15) is 4.88 Å². The Morgan fingerprint density at radius 1 is 1.50 bits per heavy atom. The topological polar surface area (TPSA) is 68.0 Å². The van der Waals surface area contributed by atoms with Crippen LogP contribution in [0.15, 0.2) is 6.20 Å². The Bertz CT molecular complexity index is 451. The zero-order valence-corrected chi connectivity index (χ0v) is 11.3. The van der Waals surface area contributed by atoms with E-state index in [0.717, 1.165) is 6.54 Å². The first kappa shape index (κ1) is 12.0. The average Bonchev–Trinajstić information content (AvgIpc) is 2.83. The zero-order valence-electron chi connectivity index (χ0n) is 10.4. The summed E-state index contributed by atoms with van der Waals surface area (Å²) < 4.78 is 0. The Labute approximate surface area is 111 Å². The van der Waals surface area contributed by atoms with E-state index in [1.807, 2.05) is 0 Å². The van der Waals surface area contributed by atoms with Crippen LogP contribution in [0.25, 0.3) is 0 Å². The van der Waals surface area contributed by atoms with Gasteiger partial charge in [-0.3, -0.25) is 4.79 Å². The van der Waals surface area contributed by atoms with Gasteiger partial charge < -0.3 is 11.1 Å². The second kappa shape index (κ2) is 4.53. The van der Waals surface area contributed by atoms with Crippen LogP contribution in [-0.4, -0.2) is 17.4 Å². The summed E-state index contributed by atoms with van der Waals surface area (Å²) in [6, 6.07) is 0. The minimum Gasteiger partial charge on any atom is -0.375 e. The van der Waals surface area contributed by atoms with Crippen LogP contribution in [0.5, 0.6) is 0 Å². The predicted molar refractivity (Wildman–Crippen MR) is 72.5 cm³/mol. The van der Waals surface area contributed by atoms with Crippen LogP contribution in [0.2, 0.25) is 0 Å². The molecule has 18 heavy (non-hydrogen) atoms. The van der Waals surface area contributed by atoms with E-state index in [0.29, 0.717) is 21.3 Å². The monoisotopic (exact) mass is 265 g/mol. The second-order valence-corrected chi connectivity index (χ2v) is 6.66. The maximum atomic E-state index is 11.9. The molecule has 1 aromatic rings. The molecule has 0 aromatic carbocycles. The van der Waals surface area contributed by atoms with E-state index >= 15 is 0 Å². The van der Waals surface area contributed by atoms with E-state index < -0.39 is 0 Å². The van der Waals surface area contributed by atoms with E-state index in [2.05, 4.69) is 10.3 Å². The molecule has 1 aromatic heterocycles. The Morgan fingerprint density at radius 2 is 2.28 bits per heavy atom. The van der Waals surface area contributed by atoms with Gasteiger partial charge in [0.25, 0.3) is 5.91 Å². The summed E-state index contributed by atoms with van der Waals surface area (Å²) in [5, 5.41) is 3.48. The second-order valence-electron chi connectivity index (χ2n) is 5.60. The number of nitrogen functional groups attached to an aromatic ring is 1. The molecule has 0 radical (unpaired) electrons. The highest BCUT2D eigenvalue weighted by molar-refractivity contribution is 7.17. The Balaban J connectivity index is 1.49. The highest BCUT2D eigenvalue weighted by Crippen LogP contribution is 2.60. The molecule has 5 heteroatoms. The summed E-state index contributed by atoms with van der Waals surface area (Å²) in [6.07, 6.45) is 9.71. The van der Waals surface area contributed by atoms with Crippen molar-refractivity contribution >= 4 is 22.4 Å². The quantitative estimate of drug-likeness (QED) is 0.882. The molecule has 2 fully saturated rings. The van der Waals surface area contributed by atoms with Crippen molar-refractivity contribution in [2.75, 3.05) is 12.3 Å². The fraction of sp³-hybridized carbons (Fsp3) is 0.692. The van der Waals surface area contributed by atoms with Crippen molar-refractivity contribution in [2.24, 2.45) is 11.3 Å². The molecule has 2 saturated carbocycles. The molecule has 3 N–H and O–H groups in total. The normalized spacial score (nSPS) is 25.0. The molecule has 2 aliphatic carbocycles. The summed E-state index contributed by atoms with van der Waals surface area (Å²) >= 11 is 1.25. The molecular weight excluding hydrogens is 246 g/mol. The molecule has 0 saturated heterocycles. The summed E-state index contributed by atoms with van der Waals surface area (Å²) in [7, 11) is 0. The van der Waals surface area contributed by atoms with Gasteiger partial charge in [0, 0.05) is 6.54 Å². The first-order valence-electron chi connectivity index (χ1n) is 6.69. The molecule has 1 amide bonds. The van der Waals surface area contributed by atoms with Gasteiger partial charge in [-0.05, 0) is 30.6 Å². The molecule has 4 nitrogen and oxygen atoms in total. The van der Waals surface area contributed by atoms with Crippen molar-refractivity contribution in [3.05, 3.63) is 11.1 Å². The van der Waals surface area contributed by atoms with E-state index in [-0.39, 0.29) is 5.91 Å². The van der Waals surface area contributed by atoms with E-state index in [9.17, 15) is 4.79 Å². The van der Waals surface area contributed by atoms with Crippen LogP contribution >= 0.6 is 11.3 Å².